The largest absolute Gasteiger partial charge is 0.356 e. The van der Waals surface area contributed by atoms with Crippen LogP contribution in [0.3, 0.4) is 0 Å². The monoisotopic (exact) mass is 280 g/mol. The Labute approximate surface area is 122 Å². The number of rotatable bonds is 2. The van der Waals surface area contributed by atoms with Crippen molar-refractivity contribution in [2.75, 3.05) is 18.0 Å². The third kappa shape index (κ3) is 2.12. The summed E-state index contributed by atoms with van der Waals surface area (Å²) in [5.74, 6) is 2.25. The van der Waals surface area contributed by atoms with Gasteiger partial charge in [-0.2, -0.15) is 0 Å². The van der Waals surface area contributed by atoms with Gasteiger partial charge in [-0.3, -0.25) is 4.40 Å². The van der Waals surface area contributed by atoms with Crippen LogP contribution in [0.25, 0.3) is 5.78 Å². The summed E-state index contributed by atoms with van der Waals surface area (Å²) in [5, 5.41) is 0. The number of fused-ring (bicyclic) bond motifs is 1. The average Bonchev–Trinajstić information content (AvgIpc) is 3.16. The van der Waals surface area contributed by atoms with Gasteiger partial charge in [0.1, 0.15) is 12.1 Å². The average molecular weight is 280 g/mol. The molecule has 1 fully saturated rings. The molecule has 4 rings (SSSR count). The van der Waals surface area contributed by atoms with Crippen molar-refractivity contribution in [3.8, 4) is 0 Å². The van der Waals surface area contributed by atoms with E-state index in [9.17, 15) is 0 Å². The van der Waals surface area contributed by atoms with Crippen LogP contribution in [0.5, 0.6) is 0 Å². The van der Waals surface area contributed by atoms with E-state index in [-0.39, 0.29) is 0 Å². The molecule has 0 N–H and O–H groups in total. The Morgan fingerprint density at radius 2 is 2.05 bits per heavy atom. The van der Waals surface area contributed by atoms with Gasteiger partial charge in [0.25, 0.3) is 0 Å². The minimum atomic E-state index is 0.472. The zero-order valence-electron chi connectivity index (χ0n) is 11.8. The van der Waals surface area contributed by atoms with Gasteiger partial charge in [-0.15, -0.1) is 0 Å². The molecular weight excluding hydrogens is 264 g/mol. The summed E-state index contributed by atoms with van der Waals surface area (Å²) < 4.78 is 2.08. The lowest BCUT2D eigenvalue weighted by molar-refractivity contribution is 0.725. The number of aryl methyl sites for hydroxylation is 1. The first-order valence-corrected chi connectivity index (χ1v) is 7.13. The highest BCUT2D eigenvalue weighted by atomic mass is 15.2. The third-order valence-electron chi connectivity index (χ3n) is 4.05. The second-order valence-electron chi connectivity index (χ2n) is 5.42. The summed E-state index contributed by atoms with van der Waals surface area (Å²) in [7, 11) is 0. The Kier molecular flexibility index (Phi) is 2.80. The maximum atomic E-state index is 4.39. The molecule has 1 atom stereocenters. The highest BCUT2D eigenvalue weighted by Crippen LogP contribution is 2.29. The second-order valence-corrected chi connectivity index (χ2v) is 5.42. The number of hydrogen-bond acceptors (Lipinski definition) is 5. The van der Waals surface area contributed by atoms with Crippen molar-refractivity contribution in [3.63, 3.8) is 0 Å². The summed E-state index contributed by atoms with van der Waals surface area (Å²) in [6, 6.07) is 4.13. The highest BCUT2D eigenvalue weighted by molar-refractivity contribution is 5.42. The highest BCUT2D eigenvalue weighted by Gasteiger charge is 2.26. The first-order chi connectivity index (χ1) is 10.3. The Bertz CT molecular complexity index is 780. The fraction of sp³-hybridized carbons (Fsp3) is 0.333. The smallest absolute Gasteiger partial charge is 0.233 e. The van der Waals surface area contributed by atoms with Gasteiger partial charge in [0.15, 0.2) is 0 Å². The summed E-state index contributed by atoms with van der Waals surface area (Å²) in [5.41, 5.74) is 2.27. The van der Waals surface area contributed by atoms with Crippen LogP contribution in [0, 0.1) is 6.92 Å². The van der Waals surface area contributed by atoms with E-state index in [1.54, 1.807) is 12.5 Å². The van der Waals surface area contributed by atoms with Gasteiger partial charge in [-0.25, -0.2) is 19.9 Å². The predicted molar refractivity (Wildman–Crippen MR) is 79.3 cm³/mol. The van der Waals surface area contributed by atoms with Crippen molar-refractivity contribution in [1.82, 2.24) is 24.3 Å². The molecule has 3 aromatic rings. The molecule has 0 saturated carbocycles. The molecule has 1 aliphatic rings. The molecule has 106 valence electrons. The van der Waals surface area contributed by atoms with E-state index < -0.39 is 0 Å². The van der Waals surface area contributed by atoms with Crippen molar-refractivity contribution in [2.24, 2.45) is 0 Å². The number of hydrogen-bond donors (Lipinski definition) is 0. The summed E-state index contributed by atoms with van der Waals surface area (Å²) in [6.45, 7) is 3.98. The molecule has 6 heteroatoms. The van der Waals surface area contributed by atoms with Crippen LogP contribution in [-0.4, -0.2) is 37.4 Å². The molecule has 0 aliphatic carbocycles. The maximum Gasteiger partial charge on any atom is 0.233 e. The predicted octanol–water partition coefficient (Wildman–Crippen LogP) is 1.82. The molecule has 0 aromatic carbocycles. The van der Waals surface area contributed by atoms with Crippen LogP contribution in [0.1, 0.15) is 23.7 Å². The SMILES string of the molecule is Cc1cc(N2CCC(c3ccnc4nccn34)C2)ncn1. The maximum absolute atomic E-state index is 4.39. The van der Waals surface area contributed by atoms with Crippen molar-refractivity contribution in [2.45, 2.75) is 19.3 Å². The van der Waals surface area contributed by atoms with Gasteiger partial charge in [-0.05, 0) is 19.4 Å². The van der Waals surface area contributed by atoms with E-state index >= 15 is 0 Å². The molecule has 0 radical (unpaired) electrons. The number of anilines is 1. The van der Waals surface area contributed by atoms with Crippen LogP contribution < -0.4 is 4.90 Å². The van der Waals surface area contributed by atoms with Crippen LogP contribution in [0.15, 0.2) is 37.1 Å². The minimum absolute atomic E-state index is 0.472. The van der Waals surface area contributed by atoms with Crippen molar-refractivity contribution in [3.05, 3.63) is 48.4 Å². The molecule has 1 saturated heterocycles. The fourth-order valence-corrected chi connectivity index (χ4v) is 3.01. The van der Waals surface area contributed by atoms with E-state index in [2.05, 4.69) is 35.3 Å². The van der Waals surface area contributed by atoms with Crippen LogP contribution in [0.2, 0.25) is 0 Å². The standard InChI is InChI=1S/C15H16N6/c1-11-8-14(19-10-18-11)20-6-3-12(9-20)13-2-4-16-15-17-5-7-21(13)15/h2,4-5,7-8,10,12H,3,6,9H2,1H3. The molecule has 4 heterocycles. The van der Waals surface area contributed by atoms with Gasteiger partial charge in [0.2, 0.25) is 5.78 Å². The van der Waals surface area contributed by atoms with E-state index in [0.29, 0.717) is 5.92 Å². The summed E-state index contributed by atoms with van der Waals surface area (Å²) in [6.07, 6.45) is 8.37. The molecule has 0 amide bonds. The molecule has 21 heavy (non-hydrogen) atoms. The zero-order chi connectivity index (χ0) is 14.2. The number of nitrogens with zero attached hydrogens (tertiary/aromatic N) is 6. The van der Waals surface area contributed by atoms with Crippen molar-refractivity contribution in [1.29, 1.82) is 0 Å². The van der Waals surface area contributed by atoms with Gasteiger partial charge in [0.05, 0.1) is 0 Å². The number of imidazole rings is 1. The minimum Gasteiger partial charge on any atom is -0.356 e. The molecular formula is C15H16N6. The van der Waals surface area contributed by atoms with E-state index in [1.807, 2.05) is 25.4 Å². The van der Waals surface area contributed by atoms with Crippen molar-refractivity contribution < 1.29 is 0 Å². The van der Waals surface area contributed by atoms with Crippen molar-refractivity contribution >= 4 is 11.6 Å². The molecule has 6 nitrogen and oxygen atoms in total. The lowest BCUT2D eigenvalue weighted by Crippen LogP contribution is -2.21. The fourth-order valence-electron chi connectivity index (χ4n) is 3.01. The van der Waals surface area contributed by atoms with Gasteiger partial charge in [-0.1, -0.05) is 0 Å². The van der Waals surface area contributed by atoms with Crippen LogP contribution in [0.4, 0.5) is 5.82 Å². The Morgan fingerprint density at radius 1 is 1.14 bits per heavy atom. The quantitative estimate of drug-likeness (QED) is 0.716. The molecule has 3 aromatic heterocycles. The Hall–Kier alpha value is -2.50. The topological polar surface area (TPSA) is 59.2 Å². The number of aromatic nitrogens is 5. The zero-order valence-corrected chi connectivity index (χ0v) is 11.8. The summed E-state index contributed by atoms with van der Waals surface area (Å²) in [4.78, 5) is 19.4. The van der Waals surface area contributed by atoms with Gasteiger partial charge >= 0.3 is 0 Å². The summed E-state index contributed by atoms with van der Waals surface area (Å²) >= 11 is 0. The molecule has 1 unspecified atom stereocenters. The van der Waals surface area contributed by atoms with Crippen LogP contribution in [-0.2, 0) is 0 Å². The lowest BCUT2D eigenvalue weighted by Gasteiger charge is -2.18. The van der Waals surface area contributed by atoms with Gasteiger partial charge < -0.3 is 4.90 Å². The normalized spacial score (nSPS) is 18.5. The van der Waals surface area contributed by atoms with Gasteiger partial charge in [0, 0.05) is 55.1 Å². The second kappa shape index (κ2) is 4.80. The lowest BCUT2D eigenvalue weighted by atomic mass is 10.0. The van der Waals surface area contributed by atoms with E-state index in [1.165, 1.54) is 5.69 Å². The Balaban J connectivity index is 1.63. The third-order valence-corrected chi connectivity index (χ3v) is 4.05. The first-order valence-electron chi connectivity index (χ1n) is 7.13. The van der Waals surface area contributed by atoms with E-state index in [0.717, 1.165) is 36.8 Å². The molecule has 1 aliphatic heterocycles. The Morgan fingerprint density at radius 3 is 2.95 bits per heavy atom. The molecule has 0 bridgehead atoms. The van der Waals surface area contributed by atoms with Crippen LogP contribution >= 0.6 is 0 Å². The first kappa shape index (κ1) is 12.3. The van der Waals surface area contributed by atoms with E-state index in [4.69, 9.17) is 0 Å². The molecule has 0 spiro atoms.